The minimum Gasteiger partial charge on any atom is -0.492 e. The molecular weight excluding hydrogens is 502 g/mol. The number of nitrogens with two attached hydrogens (primary N) is 1. The summed E-state index contributed by atoms with van der Waals surface area (Å²) in [5.41, 5.74) is 7.38. The number of esters is 1. The Balaban J connectivity index is 1.53. The number of hydrogen-bond acceptors (Lipinski definition) is 7. The maximum absolute atomic E-state index is 13.5. The van der Waals surface area contributed by atoms with Crippen molar-refractivity contribution < 1.29 is 33.4 Å². The number of nitrogens with zero attached hydrogens (tertiary/aromatic N) is 2. The monoisotopic (exact) mass is 543 g/mol. The summed E-state index contributed by atoms with van der Waals surface area (Å²) in [6, 6.07) is 1.07. The lowest BCUT2D eigenvalue weighted by Gasteiger charge is -2.39. The van der Waals surface area contributed by atoms with Crippen molar-refractivity contribution in [1.29, 1.82) is 0 Å². The fourth-order valence-electron chi connectivity index (χ4n) is 5.76. The molecule has 1 spiro atoms. The number of hydrogen-bond donors (Lipinski definition) is 1. The van der Waals surface area contributed by atoms with Crippen LogP contribution >= 0.6 is 0 Å². The fourth-order valence-corrected chi connectivity index (χ4v) is 5.76. The van der Waals surface area contributed by atoms with Crippen molar-refractivity contribution in [2.24, 2.45) is 5.73 Å². The largest absolute Gasteiger partial charge is 0.492 e. The van der Waals surface area contributed by atoms with Gasteiger partial charge < -0.3 is 29.7 Å². The van der Waals surface area contributed by atoms with Gasteiger partial charge in [-0.3, -0.25) is 14.4 Å². The molecule has 3 aliphatic rings. The molecule has 0 radical (unpaired) electrons. The van der Waals surface area contributed by atoms with Crippen LogP contribution in [-0.4, -0.2) is 70.6 Å². The molecule has 2 N–H and O–H groups in total. The molecule has 4 rings (SSSR count). The zero-order valence-corrected chi connectivity index (χ0v) is 24.1. The van der Waals surface area contributed by atoms with Crippen LogP contribution in [0.1, 0.15) is 94.3 Å². The van der Waals surface area contributed by atoms with Crippen LogP contribution in [0.25, 0.3) is 0 Å². The molecule has 1 fully saturated rings. The SMILES string of the molecule is Cc1cc2c(c3c1C(=O)N([C@@H](CCC(=O)OC(C)(C)C)C(N)=O)C3)OCC21CCN(C(=O)OC(C)(C)C)CC1. The molecule has 10 heteroatoms. The average Bonchev–Trinajstić information content (AvgIpc) is 3.31. The molecule has 3 amide bonds. The van der Waals surface area contributed by atoms with Crippen LogP contribution in [0.3, 0.4) is 0 Å². The number of carbonyl (C=O) groups excluding carboxylic acids is 4. The lowest BCUT2D eigenvalue weighted by atomic mass is 9.73. The summed E-state index contributed by atoms with van der Waals surface area (Å²) in [6.07, 6.45) is 1.17. The van der Waals surface area contributed by atoms with Crippen LogP contribution in [0.2, 0.25) is 0 Å². The highest BCUT2D eigenvalue weighted by Crippen LogP contribution is 2.50. The van der Waals surface area contributed by atoms with Gasteiger partial charge in [-0.05, 0) is 73.3 Å². The number of carbonyl (C=O) groups is 4. The van der Waals surface area contributed by atoms with Crippen molar-refractivity contribution in [3.8, 4) is 5.75 Å². The van der Waals surface area contributed by atoms with Crippen molar-refractivity contribution in [3.05, 3.63) is 28.3 Å². The van der Waals surface area contributed by atoms with Crippen LogP contribution in [0, 0.1) is 6.92 Å². The number of primary amides is 1. The van der Waals surface area contributed by atoms with Crippen LogP contribution < -0.4 is 10.5 Å². The van der Waals surface area contributed by atoms with E-state index in [4.69, 9.17) is 19.9 Å². The third-order valence-electron chi connectivity index (χ3n) is 7.56. The Hall–Kier alpha value is -3.30. The summed E-state index contributed by atoms with van der Waals surface area (Å²) in [4.78, 5) is 54.0. The number of likely N-dealkylation sites (tertiary alicyclic amines) is 1. The zero-order chi connectivity index (χ0) is 28.9. The van der Waals surface area contributed by atoms with Crippen molar-refractivity contribution >= 4 is 23.9 Å². The molecule has 39 heavy (non-hydrogen) atoms. The molecule has 0 aliphatic carbocycles. The van der Waals surface area contributed by atoms with Gasteiger partial charge in [0.05, 0.1) is 18.7 Å². The van der Waals surface area contributed by atoms with Gasteiger partial charge in [0.1, 0.15) is 23.0 Å². The summed E-state index contributed by atoms with van der Waals surface area (Å²) >= 11 is 0. The Labute approximate surface area is 230 Å². The van der Waals surface area contributed by atoms with E-state index in [9.17, 15) is 19.2 Å². The number of ether oxygens (including phenoxy) is 3. The molecule has 3 heterocycles. The van der Waals surface area contributed by atoms with Crippen LogP contribution in [0.15, 0.2) is 6.07 Å². The molecular formula is C29H41N3O7. The topological polar surface area (TPSA) is 128 Å². The summed E-state index contributed by atoms with van der Waals surface area (Å²) in [5.74, 6) is -0.714. The van der Waals surface area contributed by atoms with Crippen LogP contribution in [0.4, 0.5) is 4.79 Å². The quantitative estimate of drug-likeness (QED) is 0.562. The highest BCUT2D eigenvalue weighted by atomic mass is 16.6. The van der Waals surface area contributed by atoms with Gasteiger partial charge in [0.2, 0.25) is 5.91 Å². The standard InChI is InChI=1S/C29H41N3O7/c1-17-14-19-23(37-16-29(19)10-12-31(13-11-29)26(36)39-28(5,6)7)18-15-32(25(35)22(17)18)20(24(30)34)8-9-21(33)38-27(2,3)4/h14,20H,8-13,15-16H2,1-7H3,(H2,30,34)/t20-/m0/s1. The first-order valence-corrected chi connectivity index (χ1v) is 13.6. The number of amides is 3. The summed E-state index contributed by atoms with van der Waals surface area (Å²) in [5, 5.41) is 0. The first-order chi connectivity index (χ1) is 18.0. The maximum Gasteiger partial charge on any atom is 0.410 e. The molecule has 1 saturated heterocycles. The molecule has 0 aromatic heterocycles. The molecule has 1 aromatic rings. The van der Waals surface area contributed by atoms with E-state index in [0.29, 0.717) is 31.0 Å². The number of aryl methyl sites for hydroxylation is 1. The van der Waals surface area contributed by atoms with E-state index in [1.807, 2.05) is 33.8 Å². The van der Waals surface area contributed by atoms with E-state index in [1.165, 1.54) is 4.90 Å². The lowest BCUT2D eigenvalue weighted by molar-refractivity contribution is -0.155. The van der Waals surface area contributed by atoms with Crippen LogP contribution in [0.5, 0.6) is 5.75 Å². The second-order valence-electron chi connectivity index (χ2n) is 12.9. The number of rotatable bonds is 5. The van der Waals surface area contributed by atoms with Gasteiger partial charge >= 0.3 is 12.1 Å². The third kappa shape index (κ3) is 5.84. The van der Waals surface area contributed by atoms with Crippen LogP contribution in [-0.2, 0) is 31.0 Å². The zero-order valence-electron chi connectivity index (χ0n) is 24.1. The van der Waals surface area contributed by atoms with E-state index in [2.05, 4.69) is 0 Å². The Bertz CT molecular complexity index is 1190. The minimum absolute atomic E-state index is 0.0319. The second kappa shape index (κ2) is 10.0. The highest BCUT2D eigenvalue weighted by Gasteiger charge is 2.48. The lowest BCUT2D eigenvalue weighted by Crippen LogP contribution is -2.47. The fraction of sp³-hybridized carbons (Fsp3) is 0.655. The Morgan fingerprint density at radius 2 is 1.69 bits per heavy atom. The Kier molecular flexibility index (Phi) is 7.38. The summed E-state index contributed by atoms with van der Waals surface area (Å²) in [6.45, 7) is 14.5. The smallest absolute Gasteiger partial charge is 0.410 e. The minimum atomic E-state index is -0.945. The molecule has 3 aliphatic heterocycles. The maximum atomic E-state index is 13.5. The van der Waals surface area contributed by atoms with Gasteiger partial charge in [-0.1, -0.05) is 6.07 Å². The van der Waals surface area contributed by atoms with Gasteiger partial charge in [0.25, 0.3) is 5.91 Å². The molecule has 0 unspecified atom stereocenters. The number of fused-ring (bicyclic) bond motifs is 4. The van der Waals surface area contributed by atoms with Gasteiger partial charge in [-0.25, -0.2) is 4.79 Å². The third-order valence-corrected chi connectivity index (χ3v) is 7.56. The van der Waals surface area contributed by atoms with Crippen molar-refractivity contribution in [3.63, 3.8) is 0 Å². The van der Waals surface area contributed by atoms with Crippen molar-refractivity contribution in [2.45, 2.75) is 103 Å². The van der Waals surface area contributed by atoms with Gasteiger partial charge in [0, 0.05) is 36.1 Å². The first kappa shape index (κ1) is 28.7. The molecule has 10 nitrogen and oxygen atoms in total. The number of benzene rings is 1. The molecule has 214 valence electrons. The highest BCUT2D eigenvalue weighted by molar-refractivity contribution is 6.03. The molecule has 0 bridgehead atoms. The molecule has 1 atom stereocenters. The average molecular weight is 544 g/mol. The molecule has 1 aromatic carbocycles. The van der Waals surface area contributed by atoms with Crippen molar-refractivity contribution in [2.75, 3.05) is 19.7 Å². The predicted molar refractivity (Wildman–Crippen MR) is 143 cm³/mol. The van der Waals surface area contributed by atoms with E-state index >= 15 is 0 Å². The summed E-state index contributed by atoms with van der Waals surface area (Å²) in [7, 11) is 0. The van der Waals surface area contributed by atoms with Crippen molar-refractivity contribution in [1.82, 2.24) is 9.80 Å². The summed E-state index contributed by atoms with van der Waals surface area (Å²) < 4.78 is 17.2. The predicted octanol–water partition coefficient (Wildman–Crippen LogP) is 3.59. The van der Waals surface area contributed by atoms with E-state index in [-0.39, 0.29) is 36.8 Å². The van der Waals surface area contributed by atoms with Gasteiger partial charge in [-0.2, -0.15) is 0 Å². The second-order valence-corrected chi connectivity index (χ2v) is 12.9. The van der Waals surface area contributed by atoms with E-state index < -0.39 is 29.1 Å². The van der Waals surface area contributed by atoms with E-state index in [0.717, 1.165) is 29.5 Å². The normalized spacial score (nSPS) is 18.9. The number of piperidine rings is 1. The van der Waals surface area contributed by atoms with Gasteiger partial charge in [-0.15, -0.1) is 0 Å². The molecule has 0 saturated carbocycles. The Morgan fingerprint density at radius 1 is 1.08 bits per heavy atom. The Morgan fingerprint density at radius 3 is 2.26 bits per heavy atom. The first-order valence-electron chi connectivity index (χ1n) is 13.6. The van der Waals surface area contributed by atoms with E-state index in [1.54, 1.807) is 25.7 Å². The van der Waals surface area contributed by atoms with Gasteiger partial charge in [0.15, 0.2) is 0 Å².